The van der Waals surface area contributed by atoms with E-state index >= 15 is 0 Å². The summed E-state index contributed by atoms with van der Waals surface area (Å²) >= 11 is 0. The van der Waals surface area contributed by atoms with Crippen LogP contribution in [0.25, 0.3) is 0 Å². The molecule has 2 N–H and O–H groups in total. The van der Waals surface area contributed by atoms with Crippen molar-refractivity contribution in [1.82, 2.24) is 9.88 Å². The van der Waals surface area contributed by atoms with Crippen molar-refractivity contribution in [3.05, 3.63) is 24.5 Å². The zero-order chi connectivity index (χ0) is 12.1. The first kappa shape index (κ1) is 11.9. The zero-order valence-corrected chi connectivity index (χ0v) is 9.71. The molecule has 0 bridgehead atoms. The molecule has 2 heterocycles. The molecule has 0 unspecified atom stereocenters. The molecule has 5 heteroatoms. The number of pyridine rings is 1. The van der Waals surface area contributed by atoms with E-state index in [0.717, 1.165) is 31.7 Å². The van der Waals surface area contributed by atoms with Gasteiger partial charge in [-0.15, -0.1) is 0 Å². The molecule has 17 heavy (non-hydrogen) atoms. The minimum Gasteiger partial charge on any atom is -0.489 e. The number of amides is 1. The fraction of sp³-hybridized carbons (Fsp3) is 0.500. The molecular weight excluding hydrogens is 218 g/mol. The van der Waals surface area contributed by atoms with Crippen molar-refractivity contribution >= 4 is 5.91 Å². The number of likely N-dealkylation sites (tertiary alicyclic amines) is 1. The number of ether oxygens (including phenoxy) is 1. The Balaban J connectivity index is 1.78. The number of carbonyl (C=O) groups is 1. The van der Waals surface area contributed by atoms with E-state index in [9.17, 15) is 4.79 Å². The Morgan fingerprint density at radius 3 is 2.88 bits per heavy atom. The Bertz CT molecular complexity index is 361. The Labute approximate surface area is 101 Å². The molecule has 0 radical (unpaired) electrons. The van der Waals surface area contributed by atoms with Gasteiger partial charge in [0.25, 0.3) is 0 Å². The van der Waals surface area contributed by atoms with E-state index in [-0.39, 0.29) is 12.0 Å². The quantitative estimate of drug-likeness (QED) is 0.820. The van der Waals surface area contributed by atoms with Crippen molar-refractivity contribution < 1.29 is 9.53 Å². The monoisotopic (exact) mass is 235 g/mol. The number of nitrogens with two attached hydrogens (primary N) is 1. The van der Waals surface area contributed by atoms with Gasteiger partial charge in [-0.1, -0.05) is 0 Å². The number of aromatic nitrogens is 1. The topological polar surface area (TPSA) is 68.5 Å². The maximum atomic E-state index is 10.8. The third kappa shape index (κ3) is 3.71. The smallest absolute Gasteiger partial charge is 0.231 e. The first-order valence-corrected chi connectivity index (χ1v) is 5.81. The molecule has 92 valence electrons. The van der Waals surface area contributed by atoms with Gasteiger partial charge in [-0.05, 0) is 25.0 Å². The molecule has 0 atom stereocenters. The highest BCUT2D eigenvalue weighted by atomic mass is 16.5. The van der Waals surface area contributed by atoms with Gasteiger partial charge in [-0.3, -0.25) is 14.7 Å². The normalized spacial score (nSPS) is 17.9. The lowest BCUT2D eigenvalue weighted by molar-refractivity contribution is -0.119. The zero-order valence-electron chi connectivity index (χ0n) is 9.71. The van der Waals surface area contributed by atoms with Crippen molar-refractivity contribution in [1.29, 1.82) is 0 Å². The van der Waals surface area contributed by atoms with Gasteiger partial charge in [0.1, 0.15) is 11.9 Å². The maximum absolute atomic E-state index is 10.8. The molecule has 1 aromatic rings. The molecule has 0 aromatic carbocycles. The van der Waals surface area contributed by atoms with Crippen LogP contribution in [0, 0.1) is 0 Å². The Kier molecular flexibility index (Phi) is 3.93. The van der Waals surface area contributed by atoms with Crippen LogP contribution in [0.4, 0.5) is 0 Å². The van der Waals surface area contributed by atoms with E-state index < -0.39 is 0 Å². The van der Waals surface area contributed by atoms with Crippen LogP contribution >= 0.6 is 0 Å². The summed E-state index contributed by atoms with van der Waals surface area (Å²) in [5.74, 6) is 0.539. The SMILES string of the molecule is NC(=O)CN1CCC(Oc2cccnc2)CC1. The highest BCUT2D eigenvalue weighted by Crippen LogP contribution is 2.17. The van der Waals surface area contributed by atoms with E-state index in [1.807, 2.05) is 12.1 Å². The number of piperidine rings is 1. The predicted molar refractivity (Wildman–Crippen MR) is 63.5 cm³/mol. The van der Waals surface area contributed by atoms with Gasteiger partial charge in [0.2, 0.25) is 5.91 Å². The minimum atomic E-state index is -0.267. The second-order valence-corrected chi connectivity index (χ2v) is 4.25. The molecule has 1 aliphatic rings. The van der Waals surface area contributed by atoms with Crippen molar-refractivity contribution in [3.63, 3.8) is 0 Å². The molecule has 0 saturated carbocycles. The number of primary amides is 1. The van der Waals surface area contributed by atoms with Crippen molar-refractivity contribution in [2.75, 3.05) is 19.6 Å². The lowest BCUT2D eigenvalue weighted by atomic mass is 10.1. The molecule has 1 aliphatic heterocycles. The van der Waals surface area contributed by atoms with Crippen LogP contribution in [0.15, 0.2) is 24.5 Å². The van der Waals surface area contributed by atoms with Gasteiger partial charge in [0.15, 0.2) is 0 Å². The largest absolute Gasteiger partial charge is 0.489 e. The van der Waals surface area contributed by atoms with Gasteiger partial charge in [-0.2, -0.15) is 0 Å². The molecule has 1 saturated heterocycles. The van der Waals surface area contributed by atoms with Crippen molar-refractivity contribution in [2.45, 2.75) is 18.9 Å². The summed E-state index contributed by atoms with van der Waals surface area (Å²) in [5, 5.41) is 0. The Morgan fingerprint density at radius 2 is 2.29 bits per heavy atom. The number of carbonyl (C=O) groups excluding carboxylic acids is 1. The van der Waals surface area contributed by atoms with Crippen molar-refractivity contribution in [3.8, 4) is 5.75 Å². The van der Waals surface area contributed by atoms with E-state index in [1.54, 1.807) is 12.4 Å². The van der Waals surface area contributed by atoms with Gasteiger partial charge in [-0.25, -0.2) is 0 Å². The number of hydrogen-bond acceptors (Lipinski definition) is 4. The van der Waals surface area contributed by atoms with Gasteiger partial charge >= 0.3 is 0 Å². The van der Waals surface area contributed by atoms with Gasteiger partial charge in [0.05, 0.1) is 12.7 Å². The third-order valence-corrected chi connectivity index (χ3v) is 2.85. The molecular formula is C12H17N3O2. The van der Waals surface area contributed by atoms with Crippen LogP contribution in [0.5, 0.6) is 5.75 Å². The highest BCUT2D eigenvalue weighted by Gasteiger charge is 2.21. The first-order chi connectivity index (χ1) is 8.24. The average Bonchev–Trinajstić information content (AvgIpc) is 2.32. The second-order valence-electron chi connectivity index (χ2n) is 4.25. The lowest BCUT2D eigenvalue weighted by Gasteiger charge is -2.31. The fourth-order valence-corrected chi connectivity index (χ4v) is 2.01. The van der Waals surface area contributed by atoms with E-state index in [4.69, 9.17) is 10.5 Å². The lowest BCUT2D eigenvalue weighted by Crippen LogP contribution is -2.42. The summed E-state index contributed by atoms with van der Waals surface area (Å²) in [4.78, 5) is 16.8. The summed E-state index contributed by atoms with van der Waals surface area (Å²) in [7, 11) is 0. The van der Waals surface area contributed by atoms with Gasteiger partial charge < -0.3 is 10.5 Å². The summed E-state index contributed by atoms with van der Waals surface area (Å²) < 4.78 is 5.80. The number of hydrogen-bond donors (Lipinski definition) is 1. The maximum Gasteiger partial charge on any atom is 0.231 e. The first-order valence-electron chi connectivity index (χ1n) is 5.81. The summed E-state index contributed by atoms with van der Waals surface area (Å²) in [6.45, 7) is 2.06. The molecule has 5 nitrogen and oxygen atoms in total. The minimum absolute atomic E-state index is 0.211. The number of rotatable bonds is 4. The van der Waals surface area contributed by atoms with Crippen LogP contribution in [0.1, 0.15) is 12.8 Å². The standard InChI is InChI=1S/C12H17N3O2/c13-12(16)9-15-6-3-10(4-7-15)17-11-2-1-5-14-8-11/h1-2,5,8,10H,3-4,6-7,9H2,(H2,13,16). The molecule has 0 spiro atoms. The van der Waals surface area contributed by atoms with Crippen LogP contribution in [-0.4, -0.2) is 41.5 Å². The molecule has 1 aromatic heterocycles. The summed E-state index contributed by atoms with van der Waals surface area (Å²) in [6.07, 6.45) is 5.49. The van der Waals surface area contributed by atoms with E-state index in [0.29, 0.717) is 6.54 Å². The summed E-state index contributed by atoms with van der Waals surface area (Å²) in [5.41, 5.74) is 5.16. The fourth-order valence-electron chi connectivity index (χ4n) is 2.01. The molecule has 2 rings (SSSR count). The number of nitrogens with zero attached hydrogens (tertiary/aromatic N) is 2. The molecule has 1 amide bonds. The van der Waals surface area contributed by atoms with E-state index in [2.05, 4.69) is 9.88 Å². The second kappa shape index (κ2) is 5.63. The highest BCUT2D eigenvalue weighted by molar-refractivity contribution is 5.75. The van der Waals surface area contributed by atoms with Crippen LogP contribution in [0.3, 0.4) is 0 Å². The Morgan fingerprint density at radius 1 is 1.53 bits per heavy atom. The molecule has 0 aliphatic carbocycles. The molecule has 1 fully saturated rings. The van der Waals surface area contributed by atoms with Crippen LogP contribution in [0.2, 0.25) is 0 Å². The Hall–Kier alpha value is -1.62. The third-order valence-electron chi connectivity index (χ3n) is 2.85. The van der Waals surface area contributed by atoms with Crippen molar-refractivity contribution in [2.24, 2.45) is 5.73 Å². The average molecular weight is 235 g/mol. The predicted octanol–water partition coefficient (Wildman–Crippen LogP) is 0.410. The van der Waals surface area contributed by atoms with Crippen LogP contribution in [-0.2, 0) is 4.79 Å². The van der Waals surface area contributed by atoms with Crippen LogP contribution < -0.4 is 10.5 Å². The van der Waals surface area contributed by atoms with E-state index in [1.165, 1.54) is 0 Å². The van der Waals surface area contributed by atoms with Gasteiger partial charge in [0, 0.05) is 19.3 Å². The summed E-state index contributed by atoms with van der Waals surface area (Å²) in [6, 6.07) is 3.76.